The van der Waals surface area contributed by atoms with Gasteiger partial charge in [-0.1, -0.05) is 6.07 Å². The van der Waals surface area contributed by atoms with E-state index in [4.69, 9.17) is 5.73 Å². The number of hydrogen-bond donors (Lipinski definition) is 2. The highest BCUT2D eigenvalue weighted by atomic mass is 16.1. The molecule has 0 fully saturated rings. The molecular weight excluding hydrogens is 224 g/mol. The van der Waals surface area contributed by atoms with Crippen LogP contribution >= 0.6 is 0 Å². The Hall–Kier alpha value is -2.29. The molecule has 3 nitrogen and oxygen atoms in total. The van der Waals surface area contributed by atoms with Crippen LogP contribution in [0.2, 0.25) is 0 Å². The van der Waals surface area contributed by atoms with E-state index in [2.05, 4.69) is 5.32 Å². The molecule has 2 rings (SSSR count). The van der Waals surface area contributed by atoms with Gasteiger partial charge >= 0.3 is 0 Å². The summed E-state index contributed by atoms with van der Waals surface area (Å²) in [5.74, 6) is 0.0663. The van der Waals surface area contributed by atoms with Gasteiger partial charge in [0.1, 0.15) is 0 Å². The van der Waals surface area contributed by atoms with Crippen molar-refractivity contribution in [1.29, 1.82) is 0 Å². The number of rotatable bonds is 3. The number of Topliss-reactive ketones (excluding diaryl/α,β-unsaturated/α-hetero) is 1. The van der Waals surface area contributed by atoms with E-state index in [0.717, 1.165) is 16.9 Å². The van der Waals surface area contributed by atoms with Crippen molar-refractivity contribution in [3.63, 3.8) is 0 Å². The van der Waals surface area contributed by atoms with Crippen LogP contribution in [0.1, 0.15) is 22.8 Å². The molecule has 0 heterocycles. The zero-order valence-electron chi connectivity index (χ0n) is 10.5. The summed E-state index contributed by atoms with van der Waals surface area (Å²) >= 11 is 0. The molecule has 0 aliphatic heterocycles. The predicted octanol–water partition coefficient (Wildman–Crippen LogP) is 3.52. The summed E-state index contributed by atoms with van der Waals surface area (Å²) < 4.78 is 0. The number of nitrogens with one attached hydrogen (secondary N) is 1. The first kappa shape index (κ1) is 12.2. The predicted molar refractivity (Wildman–Crippen MR) is 75.3 cm³/mol. The number of ketones is 1. The van der Waals surface area contributed by atoms with Crippen molar-refractivity contribution >= 4 is 22.8 Å². The van der Waals surface area contributed by atoms with Gasteiger partial charge in [0, 0.05) is 11.3 Å². The second-order valence-corrected chi connectivity index (χ2v) is 4.35. The Morgan fingerprint density at radius 3 is 2.39 bits per heavy atom. The Morgan fingerprint density at radius 2 is 1.78 bits per heavy atom. The lowest BCUT2D eigenvalue weighted by Crippen LogP contribution is -1.97. The van der Waals surface area contributed by atoms with Crippen LogP contribution < -0.4 is 11.1 Å². The Balaban J connectivity index is 2.23. The topological polar surface area (TPSA) is 55.1 Å². The average molecular weight is 240 g/mol. The molecule has 92 valence electrons. The lowest BCUT2D eigenvalue weighted by Gasteiger charge is -2.10. The van der Waals surface area contributed by atoms with Crippen molar-refractivity contribution in [1.82, 2.24) is 0 Å². The molecule has 18 heavy (non-hydrogen) atoms. The van der Waals surface area contributed by atoms with Gasteiger partial charge in [0.2, 0.25) is 0 Å². The summed E-state index contributed by atoms with van der Waals surface area (Å²) in [6, 6.07) is 13.2. The SMILES string of the molecule is CC(=O)c1ccc(Nc2cc(C)ccc2N)cc1. The molecule has 0 saturated heterocycles. The van der Waals surface area contributed by atoms with Crippen molar-refractivity contribution in [3.8, 4) is 0 Å². The first-order valence-corrected chi connectivity index (χ1v) is 5.80. The van der Waals surface area contributed by atoms with Gasteiger partial charge in [0.05, 0.1) is 11.4 Å². The maximum Gasteiger partial charge on any atom is 0.159 e. The summed E-state index contributed by atoms with van der Waals surface area (Å²) in [5, 5.41) is 3.24. The third-order valence-electron chi connectivity index (χ3n) is 2.78. The van der Waals surface area contributed by atoms with Gasteiger partial charge in [0.25, 0.3) is 0 Å². The molecule has 0 saturated carbocycles. The number of aryl methyl sites for hydroxylation is 1. The highest BCUT2D eigenvalue weighted by molar-refractivity contribution is 5.94. The van der Waals surface area contributed by atoms with Gasteiger partial charge in [-0.3, -0.25) is 4.79 Å². The van der Waals surface area contributed by atoms with E-state index in [1.165, 1.54) is 0 Å². The number of nitrogen functional groups attached to an aromatic ring is 1. The molecule has 0 amide bonds. The Bertz CT molecular complexity index is 574. The summed E-state index contributed by atoms with van der Waals surface area (Å²) in [5.41, 5.74) is 10.2. The molecule has 0 radical (unpaired) electrons. The summed E-state index contributed by atoms with van der Waals surface area (Å²) in [6.45, 7) is 3.57. The number of benzene rings is 2. The van der Waals surface area contributed by atoms with Crippen LogP contribution in [0.15, 0.2) is 42.5 Å². The van der Waals surface area contributed by atoms with E-state index in [1.54, 1.807) is 19.1 Å². The van der Waals surface area contributed by atoms with Crippen molar-refractivity contribution in [2.24, 2.45) is 0 Å². The van der Waals surface area contributed by atoms with E-state index >= 15 is 0 Å². The van der Waals surface area contributed by atoms with Crippen LogP contribution in [-0.4, -0.2) is 5.78 Å². The molecule has 0 aromatic heterocycles. The highest BCUT2D eigenvalue weighted by Gasteiger charge is 2.02. The average Bonchev–Trinajstić information content (AvgIpc) is 2.34. The third kappa shape index (κ3) is 2.69. The minimum absolute atomic E-state index is 0.0663. The molecule has 2 aromatic rings. The smallest absolute Gasteiger partial charge is 0.159 e. The summed E-state index contributed by atoms with van der Waals surface area (Å²) in [7, 11) is 0. The van der Waals surface area contributed by atoms with E-state index in [1.807, 2.05) is 37.3 Å². The van der Waals surface area contributed by atoms with Gasteiger partial charge in [-0.25, -0.2) is 0 Å². The zero-order chi connectivity index (χ0) is 13.1. The standard InChI is InChI=1S/C15H16N2O/c1-10-3-8-14(16)15(9-10)17-13-6-4-12(5-7-13)11(2)18/h3-9,17H,16H2,1-2H3. The van der Waals surface area contributed by atoms with Gasteiger partial charge in [-0.2, -0.15) is 0 Å². The van der Waals surface area contributed by atoms with Gasteiger partial charge < -0.3 is 11.1 Å². The van der Waals surface area contributed by atoms with Crippen LogP contribution in [-0.2, 0) is 0 Å². The van der Waals surface area contributed by atoms with Gasteiger partial charge in [0.15, 0.2) is 5.78 Å². The number of carbonyl (C=O) groups excluding carboxylic acids is 1. The number of nitrogens with two attached hydrogens (primary N) is 1. The zero-order valence-corrected chi connectivity index (χ0v) is 10.5. The number of hydrogen-bond acceptors (Lipinski definition) is 3. The molecule has 0 aliphatic rings. The number of anilines is 3. The Kier molecular flexibility index (Phi) is 3.33. The second kappa shape index (κ2) is 4.92. The highest BCUT2D eigenvalue weighted by Crippen LogP contribution is 2.24. The van der Waals surface area contributed by atoms with Crippen LogP contribution in [0.5, 0.6) is 0 Å². The molecular formula is C15H16N2O. The van der Waals surface area contributed by atoms with Gasteiger partial charge in [-0.15, -0.1) is 0 Å². The van der Waals surface area contributed by atoms with Crippen molar-refractivity contribution in [2.45, 2.75) is 13.8 Å². The number of carbonyl (C=O) groups is 1. The first-order valence-electron chi connectivity index (χ1n) is 5.80. The monoisotopic (exact) mass is 240 g/mol. The van der Waals surface area contributed by atoms with Crippen molar-refractivity contribution in [3.05, 3.63) is 53.6 Å². The maximum absolute atomic E-state index is 11.2. The van der Waals surface area contributed by atoms with Crippen LogP contribution in [0.4, 0.5) is 17.1 Å². The minimum Gasteiger partial charge on any atom is -0.397 e. The van der Waals surface area contributed by atoms with Crippen molar-refractivity contribution < 1.29 is 4.79 Å². The Morgan fingerprint density at radius 1 is 1.11 bits per heavy atom. The largest absolute Gasteiger partial charge is 0.397 e. The lowest BCUT2D eigenvalue weighted by molar-refractivity contribution is 0.101. The fourth-order valence-corrected chi connectivity index (χ4v) is 1.72. The van der Waals surface area contributed by atoms with E-state index < -0.39 is 0 Å². The fourth-order valence-electron chi connectivity index (χ4n) is 1.72. The lowest BCUT2D eigenvalue weighted by atomic mass is 10.1. The first-order chi connectivity index (χ1) is 8.56. The molecule has 0 atom stereocenters. The van der Waals surface area contributed by atoms with Crippen molar-refractivity contribution in [2.75, 3.05) is 11.1 Å². The summed E-state index contributed by atoms with van der Waals surface area (Å²) in [4.78, 5) is 11.2. The normalized spacial score (nSPS) is 10.1. The van der Waals surface area contributed by atoms with Gasteiger partial charge in [-0.05, 0) is 55.8 Å². The molecule has 0 spiro atoms. The van der Waals surface area contributed by atoms with Crippen LogP contribution in [0, 0.1) is 6.92 Å². The van der Waals surface area contributed by atoms with Crippen LogP contribution in [0.25, 0.3) is 0 Å². The molecule has 3 N–H and O–H groups in total. The Labute approximate surface area is 107 Å². The van der Waals surface area contributed by atoms with Crippen LogP contribution in [0.3, 0.4) is 0 Å². The molecule has 3 heteroatoms. The molecule has 0 unspecified atom stereocenters. The minimum atomic E-state index is 0.0663. The van der Waals surface area contributed by atoms with E-state index in [-0.39, 0.29) is 5.78 Å². The van der Waals surface area contributed by atoms with E-state index in [0.29, 0.717) is 11.3 Å². The van der Waals surface area contributed by atoms with E-state index in [9.17, 15) is 4.79 Å². The second-order valence-electron chi connectivity index (χ2n) is 4.35. The quantitative estimate of drug-likeness (QED) is 0.637. The fraction of sp³-hybridized carbons (Fsp3) is 0.133. The molecule has 0 aliphatic carbocycles. The maximum atomic E-state index is 11.2. The third-order valence-corrected chi connectivity index (χ3v) is 2.78. The summed E-state index contributed by atoms with van der Waals surface area (Å²) in [6.07, 6.45) is 0. The molecule has 0 bridgehead atoms. The molecule has 2 aromatic carbocycles.